The number of carbonyl (C=O) groups is 1. The SMILES string of the molecule is O=C1c2ccc(Cl)cc2-[n+]2ccc3c([nH]c4ccccc43)c21.[Cl-]. The number of nitrogens with one attached hydrogen (secondary N) is 1. The number of benzene rings is 2. The maximum atomic E-state index is 12.8. The van der Waals surface area contributed by atoms with Crippen LogP contribution < -0.4 is 17.0 Å². The van der Waals surface area contributed by atoms with E-state index in [-0.39, 0.29) is 18.2 Å². The molecule has 0 radical (unpaired) electrons. The van der Waals surface area contributed by atoms with Crippen molar-refractivity contribution in [3.8, 4) is 5.69 Å². The third kappa shape index (κ3) is 1.78. The van der Waals surface area contributed by atoms with Crippen LogP contribution in [0.3, 0.4) is 0 Å². The number of carbonyl (C=O) groups excluding carboxylic acids is 1. The Bertz CT molecular complexity index is 1110. The molecule has 5 heteroatoms. The van der Waals surface area contributed by atoms with Gasteiger partial charge in [0.15, 0.2) is 6.20 Å². The van der Waals surface area contributed by atoms with Gasteiger partial charge in [-0.2, -0.15) is 4.57 Å². The van der Waals surface area contributed by atoms with E-state index >= 15 is 0 Å². The molecule has 0 amide bonds. The summed E-state index contributed by atoms with van der Waals surface area (Å²) in [6.45, 7) is 0. The van der Waals surface area contributed by atoms with Gasteiger partial charge in [-0.1, -0.05) is 29.8 Å². The number of ketones is 1. The van der Waals surface area contributed by atoms with E-state index in [9.17, 15) is 4.79 Å². The first-order valence-corrected chi connectivity index (χ1v) is 7.41. The van der Waals surface area contributed by atoms with Gasteiger partial charge in [-0.15, -0.1) is 0 Å². The monoisotopic (exact) mass is 340 g/mol. The van der Waals surface area contributed by atoms with E-state index in [1.165, 1.54) is 0 Å². The van der Waals surface area contributed by atoms with E-state index in [4.69, 9.17) is 11.6 Å². The number of rotatable bonds is 0. The van der Waals surface area contributed by atoms with Crippen LogP contribution in [0.1, 0.15) is 16.1 Å². The molecular weight excluding hydrogens is 331 g/mol. The third-order valence-corrected chi connectivity index (χ3v) is 4.53. The van der Waals surface area contributed by atoms with Crippen molar-refractivity contribution in [1.29, 1.82) is 0 Å². The summed E-state index contributed by atoms with van der Waals surface area (Å²) in [7, 11) is 0. The van der Waals surface area contributed by atoms with E-state index in [0.717, 1.165) is 27.5 Å². The largest absolute Gasteiger partial charge is 1.00 e. The molecule has 0 unspecified atom stereocenters. The zero-order chi connectivity index (χ0) is 14.8. The lowest BCUT2D eigenvalue weighted by Crippen LogP contribution is -3.00. The molecule has 0 atom stereocenters. The summed E-state index contributed by atoms with van der Waals surface area (Å²) < 4.78 is 1.92. The number of hydrogen-bond donors (Lipinski definition) is 1. The Kier molecular flexibility index (Phi) is 2.98. The molecule has 0 fully saturated rings. The fraction of sp³-hybridized carbons (Fsp3) is 0. The van der Waals surface area contributed by atoms with Gasteiger partial charge in [0.1, 0.15) is 11.1 Å². The summed E-state index contributed by atoms with van der Waals surface area (Å²) in [6.07, 6.45) is 1.94. The maximum absolute atomic E-state index is 12.8. The quantitative estimate of drug-likeness (QED) is 0.416. The smallest absolute Gasteiger partial charge is 0.284 e. The minimum atomic E-state index is 0. The van der Waals surface area contributed by atoms with Crippen molar-refractivity contribution in [3.63, 3.8) is 0 Å². The van der Waals surface area contributed by atoms with Gasteiger partial charge in [-0.25, -0.2) is 0 Å². The predicted octanol–water partition coefficient (Wildman–Crippen LogP) is 0.800. The van der Waals surface area contributed by atoms with Crippen molar-refractivity contribution in [3.05, 3.63) is 71.0 Å². The van der Waals surface area contributed by atoms with E-state index in [2.05, 4.69) is 11.1 Å². The second-order valence-corrected chi connectivity index (χ2v) is 5.92. The van der Waals surface area contributed by atoms with E-state index in [1.54, 1.807) is 12.1 Å². The fourth-order valence-electron chi connectivity index (χ4n) is 3.31. The fourth-order valence-corrected chi connectivity index (χ4v) is 3.48. The van der Waals surface area contributed by atoms with Gasteiger partial charge < -0.3 is 17.4 Å². The number of fused-ring (bicyclic) bond motifs is 7. The number of H-pyrrole nitrogens is 1. The van der Waals surface area contributed by atoms with Crippen LogP contribution in [0.2, 0.25) is 5.02 Å². The minimum absolute atomic E-state index is 0. The van der Waals surface area contributed by atoms with Gasteiger partial charge in [0.05, 0.1) is 0 Å². The molecule has 0 bridgehead atoms. The number of nitrogens with zero attached hydrogens (tertiary/aromatic N) is 1. The first-order valence-electron chi connectivity index (χ1n) is 7.04. The molecule has 3 heterocycles. The summed E-state index contributed by atoms with van der Waals surface area (Å²) in [5, 5.41) is 2.82. The van der Waals surface area contributed by atoms with Gasteiger partial charge in [-0.3, -0.25) is 4.79 Å². The van der Waals surface area contributed by atoms with Gasteiger partial charge in [-0.05, 0) is 18.2 Å². The third-order valence-electron chi connectivity index (χ3n) is 4.29. The molecule has 0 saturated heterocycles. The highest BCUT2D eigenvalue weighted by Crippen LogP contribution is 2.31. The van der Waals surface area contributed by atoms with Crippen LogP contribution in [0, 0.1) is 0 Å². The Hall–Kier alpha value is -2.36. The predicted molar refractivity (Wildman–Crippen MR) is 85.8 cm³/mol. The van der Waals surface area contributed by atoms with Crippen molar-refractivity contribution < 1.29 is 21.8 Å². The molecule has 4 aromatic rings. The highest BCUT2D eigenvalue weighted by atomic mass is 35.5. The van der Waals surface area contributed by atoms with Gasteiger partial charge >= 0.3 is 0 Å². The molecule has 0 aliphatic carbocycles. The number of pyridine rings is 1. The standard InChI is InChI=1S/C18H9ClN2O.ClH/c19-10-5-6-13-15(9-10)21-8-7-12-11-3-1-2-4-14(11)20-16(12)17(21)18(13)22;/h1-9H;1H. The molecule has 2 aromatic heterocycles. The lowest BCUT2D eigenvalue weighted by molar-refractivity contribution is -0.592. The Morgan fingerprint density at radius 3 is 2.70 bits per heavy atom. The average Bonchev–Trinajstić information content (AvgIpc) is 3.03. The summed E-state index contributed by atoms with van der Waals surface area (Å²) in [5.41, 5.74) is 4.11. The lowest BCUT2D eigenvalue weighted by atomic mass is 10.1. The van der Waals surface area contributed by atoms with Crippen LogP contribution in [-0.2, 0) is 0 Å². The van der Waals surface area contributed by atoms with Crippen LogP contribution in [-0.4, -0.2) is 10.8 Å². The molecule has 112 valence electrons. The summed E-state index contributed by atoms with van der Waals surface area (Å²) in [6, 6.07) is 15.5. The molecule has 0 spiro atoms. The van der Waals surface area contributed by atoms with Crippen LogP contribution in [0.5, 0.6) is 0 Å². The second-order valence-electron chi connectivity index (χ2n) is 5.48. The molecule has 0 saturated carbocycles. The number of hydrogen-bond acceptors (Lipinski definition) is 1. The first-order chi connectivity index (χ1) is 10.7. The van der Waals surface area contributed by atoms with Crippen LogP contribution in [0.15, 0.2) is 54.7 Å². The molecule has 1 N–H and O–H groups in total. The lowest BCUT2D eigenvalue weighted by Gasteiger charge is -1.95. The molecule has 2 aromatic carbocycles. The van der Waals surface area contributed by atoms with Crippen LogP contribution in [0.25, 0.3) is 27.5 Å². The Morgan fingerprint density at radius 2 is 1.83 bits per heavy atom. The number of halogens is 2. The average molecular weight is 341 g/mol. The van der Waals surface area contributed by atoms with Crippen molar-refractivity contribution in [2.24, 2.45) is 0 Å². The number of aromatic nitrogens is 2. The number of aromatic amines is 1. The maximum Gasteiger partial charge on any atom is 0.284 e. The van der Waals surface area contributed by atoms with E-state index < -0.39 is 0 Å². The van der Waals surface area contributed by atoms with Gasteiger partial charge in [0, 0.05) is 33.4 Å². The molecule has 1 aliphatic rings. The van der Waals surface area contributed by atoms with E-state index in [0.29, 0.717) is 16.3 Å². The summed E-state index contributed by atoms with van der Waals surface area (Å²) in [4.78, 5) is 16.2. The Balaban J connectivity index is 0.00000135. The van der Waals surface area contributed by atoms with Crippen molar-refractivity contribution in [1.82, 2.24) is 4.98 Å². The molecule has 3 nitrogen and oxygen atoms in total. The minimum Gasteiger partial charge on any atom is -1.00 e. The van der Waals surface area contributed by atoms with E-state index in [1.807, 2.05) is 41.1 Å². The molecular formula is C18H10Cl2N2O. The molecule has 1 aliphatic heterocycles. The Morgan fingerprint density at radius 1 is 1.00 bits per heavy atom. The summed E-state index contributed by atoms with van der Waals surface area (Å²) >= 11 is 6.09. The second kappa shape index (κ2) is 4.82. The molecule has 23 heavy (non-hydrogen) atoms. The van der Waals surface area contributed by atoms with Gasteiger partial charge in [0.2, 0.25) is 5.69 Å². The van der Waals surface area contributed by atoms with Crippen LogP contribution >= 0.6 is 11.6 Å². The van der Waals surface area contributed by atoms with Crippen molar-refractivity contribution in [2.45, 2.75) is 0 Å². The van der Waals surface area contributed by atoms with Crippen molar-refractivity contribution in [2.75, 3.05) is 0 Å². The first kappa shape index (κ1) is 14.2. The molecule has 5 rings (SSSR count). The Labute approximate surface area is 142 Å². The highest BCUT2D eigenvalue weighted by molar-refractivity contribution is 6.31. The van der Waals surface area contributed by atoms with Crippen molar-refractivity contribution >= 4 is 39.2 Å². The topological polar surface area (TPSA) is 36.7 Å². The van der Waals surface area contributed by atoms with Crippen LogP contribution in [0.4, 0.5) is 0 Å². The zero-order valence-electron chi connectivity index (χ0n) is 11.8. The van der Waals surface area contributed by atoms with Gasteiger partial charge in [0.25, 0.3) is 11.5 Å². The normalized spacial score (nSPS) is 12.3. The zero-order valence-corrected chi connectivity index (χ0v) is 13.3. The number of para-hydroxylation sites is 1. The summed E-state index contributed by atoms with van der Waals surface area (Å²) in [5.74, 6) is 0.0313. The highest BCUT2D eigenvalue weighted by Gasteiger charge is 2.38.